The average Bonchev–Trinajstić information content (AvgIpc) is 2.24. The number of carbonyl (C=O) groups is 1. The molecule has 2 fully saturated rings. The quantitative estimate of drug-likeness (QED) is 0.781. The fourth-order valence-electron chi connectivity index (χ4n) is 2.73. The van der Waals surface area contributed by atoms with Gasteiger partial charge in [-0.25, -0.2) is 14.8 Å². The Morgan fingerprint density at radius 3 is 2.45 bits per heavy atom. The van der Waals surface area contributed by atoms with E-state index < -0.39 is 5.60 Å². The van der Waals surface area contributed by atoms with Crippen molar-refractivity contribution in [3.8, 4) is 0 Å². The van der Waals surface area contributed by atoms with Crippen molar-refractivity contribution in [2.24, 2.45) is 0 Å². The molecule has 2 aliphatic rings. The van der Waals surface area contributed by atoms with E-state index in [1.807, 2.05) is 26.8 Å². The number of anilines is 1. The molecule has 1 spiro atoms. The van der Waals surface area contributed by atoms with Crippen molar-refractivity contribution in [1.29, 1.82) is 0 Å². The lowest BCUT2D eigenvalue weighted by atomic mass is 9.78. The Morgan fingerprint density at radius 1 is 1.30 bits per heavy atom. The second-order valence-corrected chi connectivity index (χ2v) is 6.51. The zero-order valence-corrected chi connectivity index (χ0v) is 12.2. The number of hydrogen-bond acceptors (Lipinski definition) is 5. The lowest BCUT2D eigenvalue weighted by Crippen LogP contribution is -2.78. The summed E-state index contributed by atoms with van der Waals surface area (Å²) < 4.78 is 5.38. The van der Waals surface area contributed by atoms with Gasteiger partial charge in [0.15, 0.2) is 0 Å². The molecule has 1 aromatic heterocycles. The van der Waals surface area contributed by atoms with Gasteiger partial charge in [-0.15, -0.1) is 0 Å². The lowest BCUT2D eigenvalue weighted by molar-refractivity contribution is -0.0226. The SMILES string of the molecule is CC(C)(C)OC(=O)N1CC2(CCN2c2ncccn2)C1. The van der Waals surface area contributed by atoms with Gasteiger partial charge < -0.3 is 14.5 Å². The highest BCUT2D eigenvalue weighted by atomic mass is 16.6. The molecule has 20 heavy (non-hydrogen) atoms. The topological polar surface area (TPSA) is 58.6 Å². The van der Waals surface area contributed by atoms with Crippen LogP contribution in [0.15, 0.2) is 18.5 Å². The van der Waals surface area contributed by atoms with Crippen LogP contribution in [0.5, 0.6) is 0 Å². The molecule has 0 aliphatic carbocycles. The normalized spacial score (nSPS) is 20.4. The Bertz CT molecular complexity index is 506. The van der Waals surface area contributed by atoms with Gasteiger partial charge in [0.25, 0.3) is 0 Å². The van der Waals surface area contributed by atoms with Gasteiger partial charge >= 0.3 is 6.09 Å². The highest BCUT2D eigenvalue weighted by Crippen LogP contribution is 2.41. The molecule has 1 aromatic rings. The van der Waals surface area contributed by atoms with Crippen LogP contribution in [0.2, 0.25) is 0 Å². The Labute approximate surface area is 118 Å². The van der Waals surface area contributed by atoms with Crippen LogP contribution in [0.4, 0.5) is 10.7 Å². The largest absolute Gasteiger partial charge is 0.444 e. The van der Waals surface area contributed by atoms with E-state index >= 15 is 0 Å². The Balaban J connectivity index is 1.61. The van der Waals surface area contributed by atoms with E-state index in [-0.39, 0.29) is 11.6 Å². The predicted molar refractivity (Wildman–Crippen MR) is 74.5 cm³/mol. The van der Waals surface area contributed by atoms with Crippen molar-refractivity contribution in [2.45, 2.75) is 38.3 Å². The van der Waals surface area contributed by atoms with Gasteiger partial charge in [-0.1, -0.05) is 0 Å². The molecule has 0 bridgehead atoms. The molecule has 0 unspecified atom stereocenters. The Hall–Kier alpha value is -1.85. The summed E-state index contributed by atoms with van der Waals surface area (Å²) >= 11 is 0. The number of hydrogen-bond donors (Lipinski definition) is 0. The highest BCUT2D eigenvalue weighted by molar-refractivity contribution is 5.71. The number of nitrogens with zero attached hydrogens (tertiary/aromatic N) is 4. The minimum Gasteiger partial charge on any atom is -0.444 e. The van der Waals surface area contributed by atoms with Gasteiger partial charge in [0.05, 0.1) is 5.54 Å². The maximum absolute atomic E-state index is 12.0. The van der Waals surface area contributed by atoms with Crippen molar-refractivity contribution < 1.29 is 9.53 Å². The first-order valence-electron chi connectivity index (χ1n) is 6.92. The van der Waals surface area contributed by atoms with Crippen LogP contribution in [0.1, 0.15) is 27.2 Å². The van der Waals surface area contributed by atoms with Crippen LogP contribution >= 0.6 is 0 Å². The van der Waals surface area contributed by atoms with Gasteiger partial charge in [-0.3, -0.25) is 0 Å². The molecule has 6 nitrogen and oxygen atoms in total. The molecule has 0 saturated carbocycles. The van der Waals surface area contributed by atoms with Crippen LogP contribution in [-0.2, 0) is 4.74 Å². The third kappa shape index (κ3) is 2.19. The first-order valence-corrected chi connectivity index (χ1v) is 6.92. The number of aromatic nitrogens is 2. The fourth-order valence-corrected chi connectivity index (χ4v) is 2.73. The summed E-state index contributed by atoms with van der Waals surface area (Å²) in [5, 5.41) is 0. The lowest BCUT2D eigenvalue weighted by Gasteiger charge is -2.61. The first kappa shape index (κ1) is 13.1. The second-order valence-electron chi connectivity index (χ2n) is 6.51. The van der Waals surface area contributed by atoms with E-state index in [1.54, 1.807) is 17.3 Å². The van der Waals surface area contributed by atoms with E-state index in [9.17, 15) is 4.79 Å². The molecule has 2 saturated heterocycles. The van der Waals surface area contributed by atoms with Crippen molar-refractivity contribution in [3.63, 3.8) is 0 Å². The summed E-state index contributed by atoms with van der Waals surface area (Å²) in [6.45, 7) is 7.99. The van der Waals surface area contributed by atoms with E-state index in [0.717, 1.165) is 18.9 Å². The second kappa shape index (κ2) is 4.33. The monoisotopic (exact) mass is 276 g/mol. The van der Waals surface area contributed by atoms with Gasteiger partial charge in [0.2, 0.25) is 5.95 Å². The maximum Gasteiger partial charge on any atom is 0.410 e. The molecular formula is C14H20N4O2. The molecule has 0 radical (unpaired) electrons. The molecule has 6 heteroatoms. The van der Waals surface area contributed by atoms with Gasteiger partial charge in [-0.2, -0.15) is 0 Å². The van der Waals surface area contributed by atoms with Crippen molar-refractivity contribution >= 4 is 12.0 Å². The van der Waals surface area contributed by atoms with Crippen molar-refractivity contribution in [2.75, 3.05) is 24.5 Å². The zero-order chi connectivity index (χ0) is 14.4. The minimum atomic E-state index is -0.443. The standard InChI is InChI=1S/C14H20N4O2/c1-13(2,3)20-12(19)17-9-14(10-17)5-8-18(14)11-15-6-4-7-16-11/h4,6-7H,5,8-10H2,1-3H3. The molecular weight excluding hydrogens is 256 g/mol. The third-order valence-corrected chi connectivity index (χ3v) is 3.79. The zero-order valence-electron chi connectivity index (χ0n) is 12.2. The van der Waals surface area contributed by atoms with Gasteiger partial charge in [0.1, 0.15) is 5.60 Å². The number of rotatable bonds is 1. The summed E-state index contributed by atoms with van der Waals surface area (Å²) in [5.74, 6) is 0.752. The molecule has 0 aromatic carbocycles. The van der Waals surface area contributed by atoms with E-state index in [0.29, 0.717) is 13.1 Å². The third-order valence-electron chi connectivity index (χ3n) is 3.79. The van der Waals surface area contributed by atoms with E-state index in [2.05, 4.69) is 14.9 Å². The maximum atomic E-state index is 12.0. The van der Waals surface area contributed by atoms with Crippen LogP contribution in [-0.4, -0.2) is 51.7 Å². The molecule has 0 N–H and O–H groups in total. The molecule has 0 atom stereocenters. The van der Waals surface area contributed by atoms with Crippen LogP contribution in [0.3, 0.4) is 0 Å². The molecule has 3 rings (SSSR count). The van der Waals surface area contributed by atoms with Crippen LogP contribution in [0.25, 0.3) is 0 Å². The van der Waals surface area contributed by atoms with Crippen molar-refractivity contribution in [3.05, 3.63) is 18.5 Å². The van der Waals surface area contributed by atoms with Crippen LogP contribution in [0, 0.1) is 0 Å². The number of carbonyl (C=O) groups excluding carboxylic acids is 1. The van der Waals surface area contributed by atoms with Gasteiger partial charge in [0, 0.05) is 32.0 Å². The Morgan fingerprint density at radius 2 is 1.95 bits per heavy atom. The van der Waals surface area contributed by atoms with Gasteiger partial charge in [-0.05, 0) is 33.3 Å². The van der Waals surface area contributed by atoms with E-state index in [1.165, 1.54) is 0 Å². The predicted octanol–water partition coefficient (Wildman–Crippen LogP) is 1.68. The van der Waals surface area contributed by atoms with E-state index in [4.69, 9.17) is 4.74 Å². The molecule has 108 valence electrons. The fraction of sp³-hybridized carbons (Fsp3) is 0.643. The molecule has 1 amide bonds. The van der Waals surface area contributed by atoms with Crippen molar-refractivity contribution in [1.82, 2.24) is 14.9 Å². The molecule has 3 heterocycles. The first-order chi connectivity index (χ1) is 9.40. The highest BCUT2D eigenvalue weighted by Gasteiger charge is 2.56. The summed E-state index contributed by atoms with van der Waals surface area (Å²) in [7, 11) is 0. The molecule has 2 aliphatic heterocycles. The number of likely N-dealkylation sites (tertiary alicyclic amines) is 1. The summed E-state index contributed by atoms with van der Waals surface area (Å²) in [4.78, 5) is 24.5. The Kier molecular flexibility index (Phi) is 2.84. The minimum absolute atomic E-state index is 0.0260. The average molecular weight is 276 g/mol. The summed E-state index contributed by atoms with van der Waals surface area (Å²) in [6.07, 6.45) is 4.34. The summed E-state index contributed by atoms with van der Waals surface area (Å²) in [6, 6.07) is 1.81. The van der Waals surface area contributed by atoms with Crippen LogP contribution < -0.4 is 4.90 Å². The number of ether oxygens (including phenoxy) is 1. The smallest absolute Gasteiger partial charge is 0.410 e. The number of amides is 1. The summed E-state index contributed by atoms with van der Waals surface area (Å²) in [5.41, 5.74) is -0.417.